The number of rotatable bonds is 1. The van der Waals surface area contributed by atoms with E-state index in [1.807, 2.05) is 35.8 Å². The maximum atomic E-state index is 6.27. The van der Waals surface area contributed by atoms with Crippen LogP contribution in [0.3, 0.4) is 0 Å². The lowest BCUT2D eigenvalue weighted by Gasteiger charge is -2.11. The zero-order valence-corrected chi connectivity index (χ0v) is 10.5. The first-order valence-corrected chi connectivity index (χ1v) is 5.89. The van der Waals surface area contributed by atoms with Crippen LogP contribution in [0.5, 0.6) is 0 Å². The fourth-order valence-electron chi connectivity index (χ4n) is 2.09. The van der Waals surface area contributed by atoms with Crippen LogP contribution < -0.4 is 5.73 Å². The molecular formula is C13H11ClN4. The summed E-state index contributed by atoms with van der Waals surface area (Å²) in [6.07, 6.45) is 3.40. The monoisotopic (exact) mass is 258 g/mol. The molecule has 2 aromatic heterocycles. The third-order valence-electron chi connectivity index (χ3n) is 2.89. The Labute approximate surface area is 109 Å². The highest BCUT2D eigenvalue weighted by molar-refractivity contribution is 6.32. The third-order valence-corrected chi connectivity index (χ3v) is 3.20. The molecular weight excluding hydrogens is 248 g/mol. The molecule has 0 aliphatic rings. The molecule has 0 spiro atoms. The van der Waals surface area contributed by atoms with Gasteiger partial charge in [0.1, 0.15) is 5.52 Å². The zero-order valence-electron chi connectivity index (χ0n) is 9.76. The number of hydrogen-bond acceptors (Lipinski definition) is 3. The van der Waals surface area contributed by atoms with Crippen LogP contribution >= 0.6 is 11.6 Å². The molecule has 1 aromatic carbocycles. The highest BCUT2D eigenvalue weighted by Crippen LogP contribution is 2.29. The quantitative estimate of drug-likeness (QED) is 0.730. The normalized spacial score (nSPS) is 11.0. The van der Waals surface area contributed by atoms with E-state index in [0.29, 0.717) is 11.0 Å². The second kappa shape index (κ2) is 3.99. The number of imidazole rings is 1. The minimum absolute atomic E-state index is 0.411. The predicted molar refractivity (Wildman–Crippen MR) is 73.0 cm³/mol. The maximum Gasteiger partial charge on any atom is 0.206 e. The molecule has 0 bridgehead atoms. The van der Waals surface area contributed by atoms with Gasteiger partial charge in [0.2, 0.25) is 5.95 Å². The number of fused-ring (bicyclic) bond motifs is 1. The van der Waals surface area contributed by atoms with E-state index in [1.165, 1.54) is 0 Å². The number of nitrogen functional groups attached to an aromatic ring is 1. The van der Waals surface area contributed by atoms with E-state index in [-0.39, 0.29) is 0 Å². The molecule has 2 heterocycles. The van der Waals surface area contributed by atoms with E-state index in [0.717, 1.165) is 22.3 Å². The van der Waals surface area contributed by atoms with Gasteiger partial charge < -0.3 is 5.73 Å². The highest BCUT2D eigenvalue weighted by Gasteiger charge is 2.14. The van der Waals surface area contributed by atoms with Crippen LogP contribution in [0.25, 0.3) is 16.7 Å². The van der Waals surface area contributed by atoms with Gasteiger partial charge in [-0.1, -0.05) is 23.7 Å². The van der Waals surface area contributed by atoms with E-state index < -0.39 is 0 Å². The van der Waals surface area contributed by atoms with Crippen molar-refractivity contribution >= 4 is 28.6 Å². The van der Waals surface area contributed by atoms with E-state index in [9.17, 15) is 0 Å². The van der Waals surface area contributed by atoms with Crippen molar-refractivity contribution in [2.24, 2.45) is 0 Å². The van der Waals surface area contributed by atoms with Gasteiger partial charge in [-0.2, -0.15) is 0 Å². The number of aromatic nitrogens is 3. The maximum absolute atomic E-state index is 6.27. The molecule has 0 aliphatic heterocycles. The number of halogens is 1. The van der Waals surface area contributed by atoms with Crippen LogP contribution in [0.4, 0.5) is 5.95 Å². The lowest BCUT2D eigenvalue weighted by atomic mass is 10.2. The number of anilines is 1. The molecule has 0 atom stereocenters. The van der Waals surface area contributed by atoms with E-state index in [1.54, 1.807) is 12.4 Å². The standard InChI is InChI=1S/C13H11ClN4/c1-8-3-2-4-9(14)12(8)18-11-5-6-16-7-10(11)17-13(18)15/h2-7H,1H3,(H2,15,17). The summed E-state index contributed by atoms with van der Waals surface area (Å²) in [7, 11) is 0. The van der Waals surface area contributed by atoms with Crippen molar-refractivity contribution in [2.45, 2.75) is 6.92 Å². The summed E-state index contributed by atoms with van der Waals surface area (Å²) in [5, 5.41) is 0.651. The summed E-state index contributed by atoms with van der Waals surface area (Å²) in [6.45, 7) is 1.99. The largest absolute Gasteiger partial charge is 0.369 e. The Kier molecular flexibility index (Phi) is 2.45. The molecule has 0 aliphatic carbocycles. The zero-order chi connectivity index (χ0) is 12.7. The van der Waals surface area contributed by atoms with Crippen LogP contribution in [-0.2, 0) is 0 Å². The summed E-state index contributed by atoms with van der Waals surface area (Å²) in [4.78, 5) is 8.33. The van der Waals surface area contributed by atoms with Gasteiger partial charge in [-0.3, -0.25) is 9.55 Å². The Morgan fingerprint density at radius 1 is 1.28 bits per heavy atom. The van der Waals surface area contributed by atoms with Gasteiger partial charge in [0.05, 0.1) is 22.4 Å². The average Bonchev–Trinajstić information content (AvgIpc) is 2.66. The van der Waals surface area contributed by atoms with Gasteiger partial charge in [-0.15, -0.1) is 0 Å². The van der Waals surface area contributed by atoms with Crippen LogP contribution in [0, 0.1) is 6.92 Å². The molecule has 2 N–H and O–H groups in total. The Morgan fingerprint density at radius 2 is 2.11 bits per heavy atom. The van der Waals surface area contributed by atoms with E-state index in [4.69, 9.17) is 17.3 Å². The van der Waals surface area contributed by atoms with Gasteiger partial charge in [0.15, 0.2) is 0 Å². The van der Waals surface area contributed by atoms with Gasteiger partial charge in [0.25, 0.3) is 0 Å². The summed E-state index contributed by atoms with van der Waals surface area (Å²) in [5.41, 5.74) is 9.56. The van der Waals surface area contributed by atoms with Gasteiger partial charge in [0, 0.05) is 6.20 Å². The molecule has 18 heavy (non-hydrogen) atoms. The Morgan fingerprint density at radius 3 is 2.89 bits per heavy atom. The number of nitrogens with zero attached hydrogens (tertiary/aromatic N) is 3. The fraction of sp³-hybridized carbons (Fsp3) is 0.0769. The van der Waals surface area contributed by atoms with Gasteiger partial charge >= 0.3 is 0 Å². The minimum atomic E-state index is 0.411. The molecule has 3 aromatic rings. The summed E-state index contributed by atoms with van der Waals surface area (Å²) in [5.74, 6) is 0.411. The molecule has 0 saturated carbocycles. The Bertz CT molecular complexity index is 713. The van der Waals surface area contributed by atoms with E-state index in [2.05, 4.69) is 9.97 Å². The van der Waals surface area contributed by atoms with Crippen molar-refractivity contribution in [2.75, 3.05) is 5.73 Å². The summed E-state index contributed by atoms with van der Waals surface area (Å²) >= 11 is 6.27. The molecule has 90 valence electrons. The molecule has 0 saturated heterocycles. The van der Waals surface area contributed by atoms with Gasteiger partial charge in [-0.05, 0) is 24.6 Å². The van der Waals surface area contributed by atoms with Crippen LogP contribution in [0.1, 0.15) is 5.56 Å². The molecule has 3 rings (SSSR count). The van der Waals surface area contributed by atoms with Crippen LogP contribution in [0.2, 0.25) is 5.02 Å². The fourth-order valence-corrected chi connectivity index (χ4v) is 2.40. The van der Waals surface area contributed by atoms with Crippen molar-refractivity contribution in [3.8, 4) is 5.69 Å². The molecule has 0 amide bonds. The Balaban J connectivity index is 2.42. The first kappa shape index (κ1) is 11.0. The number of pyridine rings is 1. The van der Waals surface area contributed by atoms with Gasteiger partial charge in [-0.25, -0.2) is 4.98 Å². The summed E-state index contributed by atoms with van der Waals surface area (Å²) in [6, 6.07) is 7.63. The molecule has 0 radical (unpaired) electrons. The topological polar surface area (TPSA) is 56.7 Å². The highest BCUT2D eigenvalue weighted by atomic mass is 35.5. The smallest absolute Gasteiger partial charge is 0.206 e. The van der Waals surface area contributed by atoms with Crippen molar-refractivity contribution in [3.05, 3.63) is 47.2 Å². The van der Waals surface area contributed by atoms with Crippen molar-refractivity contribution < 1.29 is 0 Å². The summed E-state index contributed by atoms with van der Waals surface area (Å²) < 4.78 is 1.86. The number of hydrogen-bond donors (Lipinski definition) is 1. The molecule has 0 fully saturated rings. The number of para-hydroxylation sites is 1. The first-order valence-electron chi connectivity index (χ1n) is 5.52. The third kappa shape index (κ3) is 1.54. The van der Waals surface area contributed by atoms with Crippen molar-refractivity contribution in [1.29, 1.82) is 0 Å². The minimum Gasteiger partial charge on any atom is -0.369 e. The second-order valence-electron chi connectivity index (χ2n) is 4.08. The number of benzene rings is 1. The van der Waals surface area contributed by atoms with Crippen molar-refractivity contribution in [1.82, 2.24) is 14.5 Å². The lowest BCUT2D eigenvalue weighted by Crippen LogP contribution is -2.03. The first-order chi connectivity index (χ1) is 8.68. The molecule has 0 unspecified atom stereocenters. The molecule has 4 nitrogen and oxygen atoms in total. The number of aryl methyl sites for hydroxylation is 1. The average molecular weight is 259 g/mol. The molecule has 5 heteroatoms. The lowest BCUT2D eigenvalue weighted by molar-refractivity contribution is 1.09. The Hall–Kier alpha value is -2.07. The van der Waals surface area contributed by atoms with E-state index >= 15 is 0 Å². The second-order valence-corrected chi connectivity index (χ2v) is 4.48. The van der Waals surface area contributed by atoms with Crippen LogP contribution in [0.15, 0.2) is 36.7 Å². The SMILES string of the molecule is Cc1cccc(Cl)c1-n1c(N)nc2cnccc21. The predicted octanol–water partition coefficient (Wildman–Crippen LogP) is 2.96. The number of nitrogens with two attached hydrogens (primary N) is 1. The van der Waals surface area contributed by atoms with Crippen LogP contribution in [-0.4, -0.2) is 14.5 Å². The van der Waals surface area contributed by atoms with Crippen molar-refractivity contribution in [3.63, 3.8) is 0 Å².